The number of nitrogens with zero attached hydrogens (tertiary/aromatic N) is 2. The average molecular weight is 398 g/mol. The van der Waals surface area contributed by atoms with Gasteiger partial charge in [0.25, 0.3) is 0 Å². The van der Waals surface area contributed by atoms with E-state index in [1.165, 1.54) is 0 Å². The van der Waals surface area contributed by atoms with Gasteiger partial charge in [0.2, 0.25) is 0 Å². The molecular formula is C22H24ClN3O2. The van der Waals surface area contributed by atoms with Crippen molar-refractivity contribution in [2.75, 3.05) is 4.90 Å². The van der Waals surface area contributed by atoms with E-state index in [0.717, 1.165) is 28.4 Å². The Bertz CT molecular complexity index is 954. The first-order valence-electron chi connectivity index (χ1n) is 9.33. The molecule has 0 saturated carbocycles. The van der Waals surface area contributed by atoms with Crippen LogP contribution < -0.4 is 9.64 Å². The van der Waals surface area contributed by atoms with E-state index in [-0.39, 0.29) is 6.04 Å². The summed E-state index contributed by atoms with van der Waals surface area (Å²) in [4.78, 5) is 9.71. The second kappa shape index (κ2) is 7.15. The zero-order valence-corrected chi connectivity index (χ0v) is 16.9. The number of H-pyrrole nitrogens is 1. The Hall–Kier alpha value is -2.50. The molecule has 2 atom stereocenters. The van der Waals surface area contributed by atoms with E-state index in [4.69, 9.17) is 16.3 Å². The van der Waals surface area contributed by atoms with E-state index < -0.39 is 11.7 Å². The van der Waals surface area contributed by atoms with E-state index in [1.807, 2.05) is 57.2 Å². The number of benzene rings is 2. The molecule has 3 aromatic rings. The molecule has 0 fully saturated rings. The van der Waals surface area contributed by atoms with Crippen molar-refractivity contribution in [3.05, 3.63) is 76.8 Å². The fraction of sp³-hybridized carbons (Fsp3) is 0.318. The minimum atomic E-state index is -0.743. The Morgan fingerprint density at radius 3 is 2.64 bits per heavy atom. The van der Waals surface area contributed by atoms with Gasteiger partial charge in [0, 0.05) is 28.7 Å². The van der Waals surface area contributed by atoms with Gasteiger partial charge in [-0.25, -0.2) is 4.98 Å². The topological polar surface area (TPSA) is 61.4 Å². The van der Waals surface area contributed by atoms with Crippen molar-refractivity contribution in [1.82, 2.24) is 9.97 Å². The smallest absolute Gasteiger partial charge is 0.132 e. The maximum Gasteiger partial charge on any atom is 0.132 e. The summed E-state index contributed by atoms with van der Waals surface area (Å²) in [6.45, 7) is 6.39. The highest BCUT2D eigenvalue weighted by Gasteiger charge is 2.45. The molecule has 146 valence electrons. The van der Waals surface area contributed by atoms with Gasteiger partial charge in [0.1, 0.15) is 23.3 Å². The molecule has 2 unspecified atom stereocenters. The number of aromatic nitrogens is 2. The van der Waals surface area contributed by atoms with Gasteiger partial charge in [-0.1, -0.05) is 29.3 Å². The molecule has 1 aliphatic heterocycles. The number of imidazole rings is 1. The van der Waals surface area contributed by atoms with Crippen LogP contribution in [-0.4, -0.2) is 26.8 Å². The third-order valence-electron chi connectivity index (χ3n) is 5.24. The first-order chi connectivity index (χ1) is 13.3. The lowest BCUT2D eigenvalue weighted by molar-refractivity contribution is -0.0590. The summed E-state index contributed by atoms with van der Waals surface area (Å²) in [5.41, 5.74) is 2.30. The van der Waals surface area contributed by atoms with Gasteiger partial charge in [-0.15, -0.1) is 0 Å². The van der Waals surface area contributed by atoms with Crippen molar-refractivity contribution in [3.63, 3.8) is 0 Å². The minimum absolute atomic E-state index is 0.301. The van der Waals surface area contributed by atoms with Crippen molar-refractivity contribution >= 4 is 17.3 Å². The van der Waals surface area contributed by atoms with Crippen LogP contribution in [0.3, 0.4) is 0 Å². The molecule has 2 aromatic carbocycles. The number of halogens is 1. The summed E-state index contributed by atoms with van der Waals surface area (Å²) in [6.07, 6.45) is 2.79. The zero-order chi connectivity index (χ0) is 19.9. The van der Waals surface area contributed by atoms with Gasteiger partial charge in [0.15, 0.2) is 0 Å². The zero-order valence-electron chi connectivity index (χ0n) is 16.2. The number of ether oxygens (including phenoxy) is 1. The third-order valence-corrected chi connectivity index (χ3v) is 5.49. The number of aliphatic hydroxyl groups excluding tert-OH is 1. The summed E-state index contributed by atoms with van der Waals surface area (Å²) in [5.74, 6) is 1.62. The molecule has 28 heavy (non-hydrogen) atoms. The largest absolute Gasteiger partial charge is 0.485 e. The lowest BCUT2D eigenvalue weighted by Crippen LogP contribution is -2.53. The fourth-order valence-electron chi connectivity index (χ4n) is 3.75. The summed E-state index contributed by atoms with van der Waals surface area (Å²) < 4.78 is 6.14. The molecule has 4 rings (SSSR count). The predicted molar refractivity (Wildman–Crippen MR) is 111 cm³/mol. The van der Waals surface area contributed by atoms with Crippen LogP contribution in [0.1, 0.15) is 36.8 Å². The first-order valence-corrected chi connectivity index (χ1v) is 9.71. The Morgan fingerprint density at radius 2 is 1.96 bits per heavy atom. The van der Waals surface area contributed by atoms with Crippen LogP contribution >= 0.6 is 11.6 Å². The second-order valence-corrected chi connectivity index (χ2v) is 8.21. The van der Waals surface area contributed by atoms with Gasteiger partial charge in [-0.05, 0) is 51.1 Å². The highest BCUT2D eigenvalue weighted by Crippen LogP contribution is 2.45. The Morgan fingerprint density at radius 1 is 1.21 bits per heavy atom. The summed E-state index contributed by atoms with van der Waals surface area (Å²) in [6, 6.07) is 13.5. The van der Waals surface area contributed by atoms with Gasteiger partial charge >= 0.3 is 0 Å². The molecule has 0 spiro atoms. The van der Waals surface area contributed by atoms with Crippen molar-refractivity contribution in [1.29, 1.82) is 0 Å². The van der Waals surface area contributed by atoms with Crippen molar-refractivity contribution in [2.24, 2.45) is 0 Å². The average Bonchev–Trinajstić information content (AvgIpc) is 3.16. The fourth-order valence-corrected chi connectivity index (χ4v) is 3.88. The number of hydrogen-bond donors (Lipinski definition) is 2. The van der Waals surface area contributed by atoms with Gasteiger partial charge in [-0.2, -0.15) is 0 Å². The molecule has 0 saturated heterocycles. The molecule has 6 heteroatoms. The highest BCUT2D eigenvalue weighted by molar-refractivity contribution is 6.30. The minimum Gasteiger partial charge on any atom is -0.485 e. The number of fused-ring (bicyclic) bond motifs is 1. The monoisotopic (exact) mass is 397 g/mol. The van der Waals surface area contributed by atoms with Gasteiger partial charge < -0.3 is 19.7 Å². The summed E-state index contributed by atoms with van der Waals surface area (Å²) >= 11 is 6.11. The molecular weight excluding hydrogens is 374 g/mol. The standard InChI is InChI=1S/C22H24ClN3O2/c1-14-4-9-18-17(12-14)20(21(27)22(2,3)28-18)26(13-19-24-10-11-25-19)16-7-5-15(23)6-8-16/h4-12,20-21,27H,13H2,1-3H3,(H,24,25). The van der Waals surface area contributed by atoms with E-state index in [9.17, 15) is 5.11 Å². The van der Waals surface area contributed by atoms with Crippen molar-refractivity contribution in [3.8, 4) is 5.75 Å². The van der Waals surface area contributed by atoms with Gasteiger partial charge in [-0.3, -0.25) is 0 Å². The lowest BCUT2D eigenvalue weighted by Gasteiger charge is -2.47. The van der Waals surface area contributed by atoms with Crippen molar-refractivity contribution in [2.45, 2.75) is 45.1 Å². The highest BCUT2D eigenvalue weighted by atomic mass is 35.5. The molecule has 1 aromatic heterocycles. The molecule has 0 radical (unpaired) electrons. The Balaban J connectivity index is 1.86. The van der Waals surface area contributed by atoms with Crippen molar-refractivity contribution < 1.29 is 9.84 Å². The number of rotatable bonds is 4. The lowest BCUT2D eigenvalue weighted by atomic mass is 9.84. The molecule has 0 amide bonds. The first kappa shape index (κ1) is 18.8. The predicted octanol–water partition coefficient (Wildman–Crippen LogP) is 4.65. The number of nitrogens with one attached hydrogen (secondary N) is 1. The van der Waals surface area contributed by atoms with Gasteiger partial charge in [0.05, 0.1) is 12.6 Å². The van der Waals surface area contributed by atoms with Crippen LogP contribution in [0.4, 0.5) is 5.69 Å². The molecule has 5 nitrogen and oxygen atoms in total. The Kier molecular flexibility index (Phi) is 4.81. The van der Waals surface area contributed by atoms with E-state index in [1.54, 1.807) is 12.4 Å². The third kappa shape index (κ3) is 3.48. The SMILES string of the molecule is Cc1ccc2c(c1)C(N(Cc1ncc[nH]1)c1ccc(Cl)cc1)C(O)C(C)(C)O2. The van der Waals surface area contributed by atoms with Crippen LogP contribution in [0, 0.1) is 6.92 Å². The van der Waals surface area contributed by atoms with E-state index in [0.29, 0.717) is 11.6 Å². The molecule has 2 N–H and O–H groups in total. The molecule has 0 aliphatic carbocycles. The number of hydrogen-bond acceptors (Lipinski definition) is 4. The quantitative estimate of drug-likeness (QED) is 0.672. The number of anilines is 1. The molecule has 0 bridgehead atoms. The Labute approximate surface area is 169 Å². The van der Waals surface area contributed by atoms with Crippen LogP contribution in [-0.2, 0) is 6.54 Å². The summed E-state index contributed by atoms with van der Waals surface area (Å²) in [5, 5.41) is 12.0. The number of aryl methyl sites for hydroxylation is 1. The maximum absolute atomic E-state index is 11.3. The maximum atomic E-state index is 11.3. The van der Waals surface area contributed by atoms with Crippen LogP contribution in [0.5, 0.6) is 5.75 Å². The van der Waals surface area contributed by atoms with E-state index in [2.05, 4.69) is 20.9 Å². The summed E-state index contributed by atoms with van der Waals surface area (Å²) in [7, 11) is 0. The molecule has 2 heterocycles. The van der Waals surface area contributed by atoms with Crippen LogP contribution in [0.15, 0.2) is 54.9 Å². The van der Waals surface area contributed by atoms with Crippen LogP contribution in [0.2, 0.25) is 5.02 Å². The van der Waals surface area contributed by atoms with Crippen LogP contribution in [0.25, 0.3) is 0 Å². The second-order valence-electron chi connectivity index (χ2n) is 7.78. The van der Waals surface area contributed by atoms with E-state index >= 15 is 0 Å². The number of aromatic amines is 1. The number of aliphatic hydroxyl groups is 1. The molecule has 1 aliphatic rings. The normalized spacial score (nSPS) is 20.3.